The summed E-state index contributed by atoms with van der Waals surface area (Å²) < 4.78 is 0. The lowest BCUT2D eigenvalue weighted by Gasteiger charge is -2.15. The van der Waals surface area contributed by atoms with Gasteiger partial charge >= 0.3 is 0 Å². The summed E-state index contributed by atoms with van der Waals surface area (Å²) in [5.41, 5.74) is 0. The van der Waals surface area contributed by atoms with Crippen LogP contribution in [0, 0.1) is 5.92 Å². The van der Waals surface area contributed by atoms with Crippen molar-refractivity contribution in [1.82, 2.24) is 10.6 Å². The van der Waals surface area contributed by atoms with E-state index in [0.29, 0.717) is 5.92 Å². The quantitative estimate of drug-likeness (QED) is 0.592. The van der Waals surface area contributed by atoms with Gasteiger partial charge in [0.2, 0.25) is 5.91 Å². The fourth-order valence-electron chi connectivity index (χ4n) is 1.42. The second kappa shape index (κ2) is 10.9. The fourth-order valence-corrected chi connectivity index (χ4v) is 1.91. The second-order valence-electron chi connectivity index (χ2n) is 4.87. The van der Waals surface area contributed by atoms with Gasteiger partial charge in [0.05, 0.1) is 6.04 Å². The van der Waals surface area contributed by atoms with Gasteiger partial charge in [0.15, 0.2) is 0 Å². The maximum Gasteiger partial charge on any atom is 0.236 e. The van der Waals surface area contributed by atoms with Crippen LogP contribution in [0.15, 0.2) is 0 Å². The number of thioether (sulfide) groups is 1. The molecule has 0 aliphatic carbocycles. The van der Waals surface area contributed by atoms with Crippen LogP contribution in [0.5, 0.6) is 0 Å². The van der Waals surface area contributed by atoms with Crippen molar-refractivity contribution in [2.45, 2.75) is 46.1 Å². The fraction of sp³-hybridized carbons (Fsp3) is 0.923. The molecule has 0 rings (SSSR count). The van der Waals surface area contributed by atoms with Crippen molar-refractivity contribution in [2.24, 2.45) is 5.92 Å². The minimum Gasteiger partial charge on any atom is -0.354 e. The Labute approximate surface area is 111 Å². The molecule has 0 radical (unpaired) electrons. The first-order valence-corrected chi connectivity index (χ1v) is 7.97. The van der Waals surface area contributed by atoms with Crippen molar-refractivity contribution in [3.05, 3.63) is 0 Å². The molecule has 0 aromatic rings. The first-order chi connectivity index (χ1) is 8.07. The summed E-state index contributed by atoms with van der Waals surface area (Å²) in [6, 6.07) is -0.0747. The van der Waals surface area contributed by atoms with Gasteiger partial charge in [-0.05, 0) is 44.2 Å². The van der Waals surface area contributed by atoms with Crippen molar-refractivity contribution in [2.75, 3.05) is 25.1 Å². The average molecular weight is 260 g/mol. The molecule has 102 valence electrons. The predicted molar refractivity (Wildman–Crippen MR) is 77.5 cm³/mol. The van der Waals surface area contributed by atoms with Gasteiger partial charge in [0, 0.05) is 6.54 Å². The molecule has 2 N–H and O–H groups in total. The van der Waals surface area contributed by atoms with E-state index in [-0.39, 0.29) is 11.9 Å². The van der Waals surface area contributed by atoms with Crippen LogP contribution in [0.25, 0.3) is 0 Å². The lowest BCUT2D eigenvalue weighted by Crippen LogP contribution is -2.43. The number of unbranched alkanes of at least 4 members (excludes halogenated alkanes) is 2. The highest BCUT2D eigenvalue weighted by molar-refractivity contribution is 7.98. The molecule has 0 fully saturated rings. The third-order valence-electron chi connectivity index (χ3n) is 2.55. The van der Waals surface area contributed by atoms with Gasteiger partial charge in [-0.25, -0.2) is 0 Å². The SMILES string of the molecule is CSCCCCCNC(C)C(=O)NCC(C)C. The first-order valence-electron chi connectivity index (χ1n) is 6.58. The number of hydrogen-bond acceptors (Lipinski definition) is 3. The largest absolute Gasteiger partial charge is 0.354 e. The van der Waals surface area contributed by atoms with E-state index in [1.807, 2.05) is 18.7 Å². The summed E-state index contributed by atoms with van der Waals surface area (Å²) in [6.07, 6.45) is 5.81. The molecule has 17 heavy (non-hydrogen) atoms. The van der Waals surface area contributed by atoms with Crippen LogP contribution in [0.4, 0.5) is 0 Å². The molecular weight excluding hydrogens is 232 g/mol. The Bertz CT molecular complexity index is 198. The Balaban J connectivity index is 3.44. The lowest BCUT2D eigenvalue weighted by molar-refractivity contribution is -0.122. The van der Waals surface area contributed by atoms with Gasteiger partial charge in [-0.15, -0.1) is 0 Å². The van der Waals surface area contributed by atoms with Gasteiger partial charge in [0.25, 0.3) is 0 Å². The van der Waals surface area contributed by atoms with E-state index in [4.69, 9.17) is 0 Å². The number of hydrogen-bond donors (Lipinski definition) is 2. The highest BCUT2D eigenvalue weighted by atomic mass is 32.2. The molecule has 0 aliphatic rings. The number of carbonyl (C=O) groups is 1. The molecule has 1 unspecified atom stereocenters. The van der Waals surface area contributed by atoms with Crippen LogP contribution in [-0.4, -0.2) is 37.0 Å². The van der Waals surface area contributed by atoms with Crippen LogP contribution in [-0.2, 0) is 4.79 Å². The highest BCUT2D eigenvalue weighted by Gasteiger charge is 2.11. The zero-order chi connectivity index (χ0) is 13.1. The number of carbonyl (C=O) groups excluding carboxylic acids is 1. The highest BCUT2D eigenvalue weighted by Crippen LogP contribution is 2.01. The lowest BCUT2D eigenvalue weighted by atomic mass is 10.2. The Hall–Kier alpha value is -0.220. The molecule has 0 saturated heterocycles. The van der Waals surface area contributed by atoms with Crippen LogP contribution < -0.4 is 10.6 Å². The average Bonchev–Trinajstić information content (AvgIpc) is 2.30. The molecule has 0 heterocycles. The molecule has 0 aromatic carbocycles. The minimum atomic E-state index is -0.0747. The van der Waals surface area contributed by atoms with E-state index in [9.17, 15) is 4.79 Å². The predicted octanol–water partition coefficient (Wildman–Crippen LogP) is 2.27. The van der Waals surface area contributed by atoms with Gasteiger partial charge in [-0.2, -0.15) is 11.8 Å². The maximum absolute atomic E-state index is 11.6. The number of rotatable bonds is 10. The summed E-state index contributed by atoms with van der Waals surface area (Å²) in [4.78, 5) is 11.6. The normalized spacial score (nSPS) is 12.8. The molecule has 0 spiro atoms. The van der Waals surface area contributed by atoms with Crippen LogP contribution >= 0.6 is 11.8 Å². The standard InChI is InChI=1S/C13H28N2OS/c1-11(2)10-15-13(16)12(3)14-8-6-5-7-9-17-4/h11-12,14H,5-10H2,1-4H3,(H,15,16). The Morgan fingerprint density at radius 2 is 1.88 bits per heavy atom. The summed E-state index contributed by atoms with van der Waals surface area (Å²) in [5, 5.41) is 6.20. The first kappa shape index (κ1) is 16.8. The maximum atomic E-state index is 11.6. The van der Waals surface area contributed by atoms with E-state index < -0.39 is 0 Å². The number of nitrogens with one attached hydrogen (secondary N) is 2. The van der Waals surface area contributed by atoms with E-state index in [0.717, 1.165) is 19.5 Å². The second-order valence-corrected chi connectivity index (χ2v) is 5.85. The molecule has 0 aromatic heterocycles. The molecule has 1 amide bonds. The van der Waals surface area contributed by atoms with Gasteiger partial charge in [-0.3, -0.25) is 4.79 Å². The molecule has 0 bridgehead atoms. The Morgan fingerprint density at radius 3 is 2.47 bits per heavy atom. The summed E-state index contributed by atoms with van der Waals surface area (Å²) in [7, 11) is 0. The number of amides is 1. The third kappa shape index (κ3) is 10.6. The van der Waals surface area contributed by atoms with Crippen molar-refractivity contribution in [3.8, 4) is 0 Å². The summed E-state index contributed by atoms with van der Waals surface area (Å²) in [6.45, 7) is 7.83. The van der Waals surface area contributed by atoms with Crippen molar-refractivity contribution < 1.29 is 4.79 Å². The van der Waals surface area contributed by atoms with Crippen molar-refractivity contribution >= 4 is 17.7 Å². The summed E-state index contributed by atoms with van der Waals surface area (Å²) >= 11 is 1.90. The zero-order valence-electron chi connectivity index (χ0n) is 11.7. The van der Waals surface area contributed by atoms with Crippen LogP contribution in [0.3, 0.4) is 0 Å². The Kier molecular flexibility index (Phi) is 10.8. The van der Waals surface area contributed by atoms with E-state index in [2.05, 4.69) is 30.7 Å². The molecule has 4 heteroatoms. The Morgan fingerprint density at radius 1 is 1.18 bits per heavy atom. The van der Waals surface area contributed by atoms with E-state index >= 15 is 0 Å². The van der Waals surface area contributed by atoms with E-state index in [1.165, 1.54) is 18.6 Å². The zero-order valence-corrected chi connectivity index (χ0v) is 12.5. The molecule has 1 atom stereocenters. The monoisotopic (exact) mass is 260 g/mol. The van der Waals surface area contributed by atoms with Crippen LogP contribution in [0.2, 0.25) is 0 Å². The molecule has 3 nitrogen and oxygen atoms in total. The van der Waals surface area contributed by atoms with Gasteiger partial charge < -0.3 is 10.6 Å². The third-order valence-corrected chi connectivity index (χ3v) is 3.25. The molecule has 0 aliphatic heterocycles. The van der Waals surface area contributed by atoms with Gasteiger partial charge in [-0.1, -0.05) is 20.3 Å². The molecule has 0 saturated carbocycles. The topological polar surface area (TPSA) is 41.1 Å². The minimum absolute atomic E-state index is 0.0747. The molecular formula is C13H28N2OS. The van der Waals surface area contributed by atoms with Crippen molar-refractivity contribution in [1.29, 1.82) is 0 Å². The summed E-state index contributed by atoms with van der Waals surface area (Å²) in [5.74, 6) is 1.87. The van der Waals surface area contributed by atoms with E-state index in [1.54, 1.807) is 0 Å². The van der Waals surface area contributed by atoms with Crippen LogP contribution in [0.1, 0.15) is 40.0 Å². The van der Waals surface area contributed by atoms with Crippen molar-refractivity contribution in [3.63, 3.8) is 0 Å². The smallest absolute Gasteiger partial charge is 0.236 e. The van der Waals surface area contributed by atoms with Gasteiger partial charge in [0.1, 0.15) is 0 Å².